The normalized spacial score (nSPS) is 5.00. The molecule has 0 aliphatic carbocycles. The molecule has 0 aromatic rings. The Morgan fingerprint density at radius 3 is 1.89 bits per heavy atom. The van der Waals surface area contributed by atoms with Crippen molar-refractivity contribution in [3.63, 3.8) is 0 Å². The van der Waals surface area contributed by atoms with Crippen LogP contribution in [0.1, 0.15) is 0 Å². The molecule has 9 heavy (non-hydrogen) atoms. The quantitative estimate of drug-likeness (QED) is 0.412. The van der Waals surface area contributed by atoms with Gasteiger partial charge >= 0.3 is 0 Å². The minimum atomic E-state index is -0.583. The van der Waals surface area contributed by atoms with Gasteiger partial charge in [-0.2, -0.15) is 0 Å². The van der Waals surface area contributed by atoms with Crippen molar-refractivity contribution in [1.82, 2.24) is 0 Å². The summed E-state index contributed by atoms with van der Waals surface area (Å²) in [5.74, 6) is 0. The SMILES string of the molecule is CO[C-]=O.[B]C([CH2-])=O.[Y]. The van der Waals surface area contributed by atoms with Crippen molar-refractivity contribution < 1.29 is 47.0 Å². The summed E-state index contributed by atoms with van der Waals surface area (Å²) >= 11 is 0. The van der Waals surface area contributed by atoms with Crippen LogP contribution in [0.3, 0.4) is 0 Å². The van der Waals surface area contributed by atoms with Crippen molar-refractivity contribution in [3.8, 4) is 0 Å². The average Bonchev–Trinajstić information content (AvgIpc) is 1.65. The van der Waals surface area contributed by atoms with Crippen molar-refractivity contribution >= 4 is 20.0 Å². The van der Waals surface area contributed by atoms with Crippen LogP contribution in [0.5, 0.6) is 0 Å². The molecule has 0 fully saturated rings. The molecule has 0 aromatic carbocycles. The van der Waals surface area contributed by atoms with Crippen molar-refractivity contribution in [2.75, 3.05) is 7.11 Å². The molecular formula is C4H5BO3Y-2. The zero-order valence-electron chi connectivity index (χ0n) is 5.09. The van der Waals surface area contributed by atoms with E-state index in [1.807, 2.05) is 0 Å². The van der Waals surface area contributed by atoms with Gasteiger partial charge in [0.1, 0.15) is 7.85 Å². The number of carbonyl (C=O) groups is 1. The summed E-state index contributed by atoms with van der Waals surface area (Å²) in [6.07, 6.45) is 0. The van der Waals surface area contributed by atoms with Crippen LogP contribution in [-0.4, -0.2) is 27.1 Å². The average molecular weight is 201 g/mol. The molecule has 3 nitrogen and oxygen atoms in total. The molecule has 0 rings (SSSR count). The van der Waals surface area contributed by atoms with Crippen LogP contribution in [0.4, 0.5) is 0 Å². The van der Waals surface area contributed by atoms with Crippen LogP contribution >= 0.6 is 0 Å². The van der Waals surface area contributed by atoms with Crippen LogP contribution in [0.25, 0.3) is 0 Å². The van der Waals surface area contributed by atoms with Gasteiger partial charge in [-0.05, 0) is 0 Å². The van der Waals surface area contributed by atoms with Crippen LogP contribution in [0, 0.1) is 6.92 Å². The second kappa shape index (κ2) is 15.7. The van der Waals surface area contributed by atoms with Gasteiger partial charge in [-0.1, -0.05) is 12.2 Å². The molecule has 0 saturated heterocycles. The molecule has 5 heteroatoms. The largest absolute Gasteiger partial charge is 0.655 e. The first-order chi connectivity index (χ1) is 3.65. The topological polar surface area (TPSA) is 43.4 Å². The predicted octanol–water partition coefficient (Wildman–Crippen LogP) is -0.787. The molecule has 0 unspecified atom stereocenters. The van der Waals surface area contributed by atoms with E-state index in [4.69, 9.17) is 9.59 Å². The summed E-state index contributed by atoms with van der Waals surface area (Å²) < 4.78 is 3.74. The maximum atomic E-state index is 9.11. The molecule has 0 bridgehead atoms. The van der Waals surface area contributed by atoms with Crippen molar-refractivity contribution in [2.45, 2.75) is 0 Å². The molecule has 0 saturated carbocycles. The zero-order chi connectivity index (χ0) is 6.99. The van der Waals surface area contributed by atoms with E-state index in [0.29, 0.717) is 0 Å². The molecule has 0 aliphatic rings. The Kier molecular flexibility index (Phi) is 28.1. The van der Waals surface area contributed by atoms with Crippen LogP contribution < -0.4 is 0 Å². The summed E-state index contributed by atoms with van der Waals surface area (Å²) in [5.41, 5.74) is -0.583. The van der Waals surface area contributed by atoms with Crippen LogP contribution in [0.15, 0.2) is 0 Å². The fourth-order valence-electron chi connectivity index (χ4n) is 0. The molecular weight excluding hydrogens is 196 g/mol. The van der Waals surface area contributed by atoms with Gasteiger partial charge in [0, 0.05) is 39.8 Å². The standard InChI is InChI=1S/C2H2BO.C2H3O2.Y/c1-2(3)4;1-4-2-3;/h1H2;1H3;/q2*-1;. The van der Waals surface area contributed by atoms with Gasteiger partial charge in [0.2, 0.25) is 0 Å². The van der Waals surface area contributed by atoms with Crippen molar-refractivity contribution in [3.05, 3.63) is 6.92 Å². The molecule has 0 heterocycles. The molecule has 0 amide bonds. The van der Waals surface area contributed by atoms with E-state index >= 15 is 0 Å². The van der Waals surface area contributed by atoms with Gasteiger partial charge in [0.05, 0.1) is 0 Å². The third-order valence-corrected chi connectivity index (χ3v) is 0.0833. The van der Waals surface area contributed by atoms with E-state index in [1.54, 1.807) is 0 Å². The Balaban J connectivity index is -0.0000000720. The molecule has 0 aliphatic heterocycles. The summed E-state index contributed by atoms with van der Waals surface area (Å²) in [5, 5.41) is 0. The number of rotatable bonds is 1. The van der Waals surface area contributed by atoms with Crippen LogP contribution in [0.2, 0.25) is 0 Å². The fourth-order valence-corrected chi connectivity index (χ4v) is 0. The summed E-state index contributed by atoms with van der Waals surface area (Å²) in [6.45, 7) is 3.96. The van der Waals surface area contributed by atoms with Gasteiger partial charge in [-0.25, -0.2) is 0 Å². The van der Waals surface area contributed by atoms with E-state index < -0.39 is 5.68 Å². The van der Waals surface area contributed by atoms with Gasteiger partial charge < -0.3 is 21.2 Å². The van der Waals surface area contributed by atoms with E-state index in [1.165, 1.54) is 13.6 Å². The van der Waals surface area contributed by atoms with Crippen LogP contribution in [-0.2, 0) is 47.0 Å². The Bertz CT molecular complexity index is 72.2. The molecule has 3 radical (unpaired) electrons. The van der Waals surface area contributed by atoms with Gasteiger partial charge in [0.15, 0.2) is 0 Å². The first-order valence-electron chi connectivity index (χ1n) is 1.66. The molecule has 0 spiro atoms. The Morgan fingerprint density at radius 2 is 1.89 bits per heavy atom. The Labute approximate surface area is 80.8 Å². The fraction of sp³-hybridized carbons (Fsp3) is 0.250. The number of hydrogen-bond acceptors (Lipinski definition) is 3. The number of hydrogen-bond donors (Lipinski definition) is 0. The third kappa shape index (κ3) is 225. The second-order valence-electron chi connectivity index (χ2n) is 0.754. The minimum absolute atomic E-state index is 0. The maximum absolute atomic E-state index is 9.11. The second-order valence-corrected chi connectivity index (χ2v) is 0.754. The number of ether oxygens (including phenoxy) is 1. The van der Waals surface area contributed by atoms with E-state index in [9.17, 15) is 0 Å². The van der Waals surface area contributed by atoms with Crippen molar-refractivity contribution in [2.24, 2.45) is 0 Å². The summed E-state index contributed by atoms with van der Waals surface area (Å²) in [6, 6.07) is 0. The van der Waals surface area contributed by atoms with E-state index in [0.717, 1.165) is 0 Å². The molecule has 0 N–H and O–H groups in total. The molecule has 0 aromatic heterocycles. The van der Waals surface area contributed by atoms with Gasteiger partial charge in [0.25, 0.3) is 0 Å². The van der Waals surface area contributed by atoms with E-state index in [2.05, 4.69) is 19.5 Å². The van der Waals surface area contributed by atoms with Gasteiger partial charge in [-0.3, -0.25) is 0 Å². The maximum Gasteiger partial charge on any atom is 0.120 e. The Hall–Kier alpha value is 0.179. The molecule has 0 atom stereocenters. The predicted molar refractivity (Wildman–Crippen MR) is 28.8 cm³/mol. The number of carbonyl (C=O) groups excluding carboxylic acids is 2. The summed E-state index contributed by atoms with van der Waals surface area (Å²) in [7, 11) is 5.62. The monoisotopic (exact) mass is 201 g/mol. The molecule has 47 valence electrons. The summed E-state index contributed by atoms with van der Waals surface area (Å²) in [4.78, 5) is 17.9. The zero-order valence-corrected chi connectivity index (χ0v) is 7.92. The Morgan fingerprint density at radius 1 is 1.78 bits per heavy atom. The first-order valence-corrected chi connectivity index (χ1v) is 1.66. The minimum Gasteiger partial charge on any atom is -0.655 e. The smallest absolute Gasteiger partial charge is 0.120 e. The first kappa shape index (κ1) is 16.1. The van der Waals surface area contributed by atoms with Crippen molar-refractivity contribution in [1.29, 1.82) is 0 Å². The van der Waals surface area contributed by atoms with E-state index in [-0.39, 0.29) is 32.7 Å². The number of methoxy groups -OCH3 is 1. The van der Waals surface area contributed by atoms with Gasteiger partial charge in [-0.15, -0.1) is 0 Å². The third-order valence-electron chi connectivity index (χ3n) is 0.0833.